The van der Waals surface area contributed by atoms with Crippen molar-refractivity contribution >= 4 is 53.2 Å². The van der Waals surface area contributed by atoms with E-state index in [4.69, 9.17) is 11.5 Å². The molecule has 0 saturated carbocycles. The van der Waals surface area contributed by atoms with Gasteiger partial charge >= 0.3 is 12.0 Å². The lowest BCUT2D eigenvalue weighted by molar-refractivity contribution is -0.143. The molecule has 0 radical (unpaired) electrons. The van der Waals surface area contributed by atoms with Gasteiger partial charge in [-0.1, -0.05) is 78.3 Å². The molecule has 10 N–H and O–H groups in total. The molecular weight excluding hydrogens is 1020 g/mol. The molecule has 22 heteroatoms. The summed E-state index contributed by atoms with van der Waals surface area (Å²) in [5.41, 5.74) is 12.7. The molecule has 6 atom stereocenters. The molecule has 3 aromatic rings. The normalized spacial score (nSPS) is 15.5. The number of carbonyl (C=O) groups excluding carboxylic acids is 8. The number of nitrogens with zero attached hydrogens (tertiary/aromatic N) is 3. The molecule has 434 valence electrons. The third-order valence-electron chi connectivity index (χ3n) is 14.0. The number of hydrogen-bond acceptors (Lipinski definition) is 11. The van der Waals surface area contributed by atoms with Crippen LogP contribution in [0, 0.1) is 34.8 Å². The van der Waals surface area contributed by atoms with Gasteiger partial charge in [0.2, 0.25) is 35.4 Å². The Morgan fingerprint density at radius 2 is 1.54 bits per heavy atom. The minimum Gasteiger partial charge on any atom is -0.480 e. The average molecular weight is 1110 g/mol. The zero-order valence-corrected chi connectivity index (χ0v) is 46.4. The topological polar surface area (TPSA) is 306 Å². The van der Waals surface area contributed by atoms with Crippen LogP contribution in [0.4, 0.5) is 13.6 Å². The molecule has 4 rings (SSSR count). The molecule has 8 amide bonds. The van der Waals surface area contributed by atoms with Crippen LogP contribution >= 0.6 is 0 Å². The first-order valence-corrected chi connectivity index (χ1v) is 27.2. The number of likely N-dealkylation sites (tertiary alicyclic amines) is 1. The molecule has 1 aliphatic rings. The lowest BCUT2D eigenvalue weighted by Gasteiger charge is -2.41. The number of ketones is 1. The van der Waals surface area contributed by atoms with Gasteiger partial charge in [0.25, 0.3) is 0 Å². The van der Waals surface area contributed by atoms with Gasteiger partial charge in [-0.2, -0.15) is 0 Å². The quantitative estimate of drug-likeness (QED) is 0.0293. The number of nitrogens with one attached hydrogen (secondary N) is 4. The van der Waals surface area contributed by atoms with Crippen molar-refractivity contribution in [2.45, 2.75) is 149 Å². The Bertz CT molecular complexity index is 2590. The van der Waals surface area contributed by atoms with Crippen LogP contribution in [-0.2, 0) is 44.9 Å². The molecule has 1 unspecified atom stereocenters. The zero-order chi connectivity index (χ0) is 58.6. The van der Waals surface area contributed by atoms with Gasteiger partial charge in [-0.15, -0.1) is 0 Å². The number of nitrogens with two attached hydrogens (primary N) is 2. The number of primary amides is 1. The molecule has 1 saturated heterocycles. The number of carboxylic acids is 1. The monoisotopic (exact) mass is 1110 g/mol. The fourth-order valence-corrected chi connectivity index (χ4v) is 9.81. The third-order valence-corrected chi connectivity index (χ3v) is 14.0. The van der Waals surface area contributed by atoms with E-state index < -0.39 is 95.2 Å². The number of unbranched alkanes of at least 4 members (excludes halogenated alkanes) is 3. The van der Waals surface area contributed by atoms with Crippen LogP contribution < -0.4 is 32.7 Å². The summed E-state index contributed by atoms with van der Waals surface area (Å²) in [6.07, 6.45) is 3.85. The SMILES string of the molecule is CC1CC(=O)N(CCCCCC(=O)N[C@H](C(=O)C[C@@H](CCCNC(N)=O)C(=O)N[C@@H](CCCCNC(=O)[C@@H](N)CCN(C(=O)CO)[C@@H](c2cc(-c3cc(F)ccc3F)cn2Cc2ccccc2)C(C)(C)C)C(=O)O)C(C)C)C1=O. The van der Waals surface area contributed by atoms with Gasteiger partial charge in [0.1, 0.15) is 24.3 Å². The van der Waals surface area contributed by atoms with Gasteiger partial charge in [0.15, 0.2) is 5.78 Å². The summed E-state index contributed by atoms with van der Waals surface area (Å²) in [5, 5.41) is 30.8. The van der Waals surface area contributed by atoms with Crippen molar-refractivity contribution in [3.8, 4) is 11.1 Å². The molecule has 0 spiro atoms. The number of aliphatic hydroxyl groups excluding tert-OH is 1. The number of hydrogen-bond donors (Lipinski definition) is 8. The molecular formula is C57H81F2N9O11. The number of halogens is 2. The van der Waals surface area contributed by atoms with Gasteiger partial charge in [-0.25, -0.2) is 18.4 Å². The number of benzene rings is 2. The van der Waals surface area contributed by atoms with Crippen LogP contribution in [0.3, 0.4) is 0 Å². The second-order valence-electron chi connectivity index (χ2n) is 21.9. The maximum atomic E-state index is 15.2. The van der Waals surface area contributed by atoms with Crippen molar-refractivity contribution in [1.82, 2.24) is 35.6 Å². The number of aromatic nitrogens is 1. The van der Waals surface area contributed by atoms with Crippen LogP contribution in [0.1, 0.15) is 136 Å². The van der Waals surface area contributed by atoms with Crippen LogP contribution in [-0.4, -0.2) is 129 Å². The molecule has 20 nitrogen and oxygen atoms in total. The molecule has 1 fully saturated rings. The molecule has 2 heterocycles. The largest absolute Gasteiger partial charge is 0.480 e. The summed E-state index contributed by atoms with van der Waals surface area (Å²) in [4.78, 5) is 118. The number of imide groups is 1. The molecule has 2 aromatic carbocycles. The van der Waals surface area contributed by atoms with E-state index in [-0.39, 0.29) is 113 Å². The number of rotatable bonds is 33. The maximum Gasteiger partial charge on any atom is 0.326 e. The average Bonchev–Trinajstić information content (AvgIpc) is 3.92. The molecule has 0 aliphatic carbocycles. The van der Waals surface area contributed by atoms with Gasteiger partial charge in [0, 0.05) is 86.8 Å². The fourth-order valence-electron chi connectivity index (χ4n) is 9.81. The fraction of sp³-hybridized carbons (Fsp3) is 0.561. The number of amides is 8. The van der Waals surface area contributed by atoms with E-state index in [1.54, 1.807) is 33.0 Å². The highest BCUT2D eigenvalue weighted by Crippen LogP contribution is 2.41. The number of Topliss-reactive ketones (excluding diaryl/α,β-unsaturated/α-hetero) is 1. The van der Waals surface area contributed by atoms with Crippen molar-refractivity contribution in [3.05, 3.63) is 83.7 Å². The van der Waals surface area contributed by atoms with Crippen LogP contribution in [0.15, 0.2) is 60.8 Å². The first kappa shape index (κ1) is 64.5. The van der Waals surface area contributed by atoms with Crippen molar-refractivity contribution in [3.63, 3.8) is 0 Å². The zero-order valence-electron chi connectivity index (χ0n) is 46.4. The predicted octanol–water partition coefficient (Wildman–Crippen LogP) is 5.08. The van der Waals surface area contributed by atoms with E-state index in [0.717, 1.165) is 23.8 Å². The molecule has 0 bridgehead atoms. The second kappa shape index (κ2) is 30.9. The highest BCUT2D eigenvalue weighted by atomic mass is 19.1. The van der Waals surface area contributed by atoms with Crippen LogP contribution in [0.2, 0.25) is 0 Å². The van der Waals surface area contributed by atoms with E-state index in [1.807, 2.05) is 55.7 Å². The van der Waals surface area contributed by atoms with Gasteiger partial charge in [0.05, 0.1) is 18.1 Å². The Morgan fingerprint density at radius 3 is 2.16 bits per heavy atom. The summed E-state index contributed by atoms with van der Waals surface area (Å²) in [6, 6.07) is 9.26. The number of carboxylic acid groups (broad SMARTS) is 1. The van der Waals surface area contributed by atoms with Crippen LogP contribution in [0.25, 0.3) is 11.1 Å². The second-order valence-corrected chi connectivity index (χ2v) is 21.9. The van der Waals surface area contributed by atoms with Crippen LogP contribution in [0.5, 0.6) is 0 Å². The van der Waals surface area contributed by atoms with Crippen molar-refractivity contribution in [1.29, 1.82) is 0 Å². The van der Waals surface area contributed by atoms with E-state index in [2.05, 4.69) is 21.3 Å². The number of aliphatic hydroxyl groups is 1. The maximum absolute atomic E-state index is 15.2. The van der Waals surface area contributed by atoms with Gasteiger partial charge in [-0.05, 0) is 92.5 Å². The first-order valence-electron chi connectivity index (χ1n) is 27.2. The van der Waals surface area contributed by atoms with Crippen molar-refractivity contribution in [2.75, 3.05) is 32.8 Å². The molecule has 1 aromatic heterocycles. The third kappa shape index (κ3) is 20.0. The minimum atomic E-state index is -1.37. The Labute approximate surface area is 461 Å². The Hall–Kier alpha value is -7.07. The number of carbonyl (C=O) groups is 9. The van der Waals surface area contributed by atoms with E-state index in [0.29, 0.717) is 37.1 Å². The van der Waals surface area contributed by atoms with Gasteiger partial charge in [-0.3, -0.25) is 38.5 Å². The molecule has 1 aliphatic heterocycles. The summed E-state index contributed by atoms with van der Waals surface area (Å²) in [5.74, 6) is -7.53. The summed E-state index contributed by atoms with van der Waals surface area (Å²) >= 11 is 0. The summed E-state index contributed by atoms with van der Waals surface area (Å²) < 4.78 is 31.5. The van der Waals surface area contributed by atoms with E-state index >= 15 is 4.39 Å². The number of urea groups is 1. The lowest BCUT2D eigenvalue weighted by atomic mass is 9.82. The minimum absolute atomic E-state index is 0.0221. The lowest BCUT2D eigenvalue weighted by Crippen LogP contribution is -2.48. The van der Waals surface area contributed by atoms with E-state index in [9.17, 15) is 57.8 Å². The predicted molar refractivity (Wildman–Crippen MR) is 291 cm³/mol. The summed E-state index contributed by atoms with van der Waals surface area (Å²) in [7, 11) is 0. The highest BCUT2D eigenvalue weighted by molar-refractivity contribution is 6.03. The smallest absolute Gasteiger partial charge is 0.326 e. The standard InChI is InChI=1S/C57H81F2N9O11/c1-35(2)50(65-47(71)20-11-8-14-26-68-48(72)28-36(3)54(68)76)46(70)30-38(18-15-25-63-56(61)79)52(74)64-44(55(77)78)19-12-13-24-62-53(75)43(60)23-27-67(49(73)34-69)51(57(4,5)6)45-29-39(41-31-40(58)21-22-42(41)59)33-66(45)32-37-16-9-7-10-17-37/h7,9-10,16-17,21-22,29,31,33,35-36,38,43-44,50-51,69H,8,11-15,18-20,23-28,30,32,34,60H2,1-6H3,(H,62,75)(H,64,74)(H,65,71)(H,77,78)(H3,61,63,79)/t36?,38-,43+,44+,50+,51+/m1/s1. The van der Waals surface area contributed by atoms with E-state index in [1.165, 1.54) is 9.80 Å². The Balaban J connectivity index is 1.35. The first-order chi connectivity index (χ1) is 37.3. The van der Waals surface area contributed by atoms with Gasteiger partial charge < -0.3 is 52.4 Å². The van der Waals surface area contributed by atoms with Crippen molar-refractivity contribution in [2.24, 2.45) is 34.6 Å². The Kier molecular flexibility index (Phi) is 25.2. The highest BCUT2D eigenvalue weighted by Gasteiger charge is 2.38. The number of aliphatic carboxylic acids is 1. The van der Waals surface area contributed by atoms with Crippen molar-refractivity contribution < 1.29 is 62.1 Å². The Morgan fingerprint density at radius 1 is 0.848 bits per heavy atom. The summed E-state index contributed by atoms with van der Waals surface area (Å²) in [6.45, 7) is 10.7. The molecule has 79 heavy (non-hydrogen) atoms.